The molecule has 0 unspecified atom stereocenters. The molecular formula is C25H18BrF4NO3. The third-order valence-corrected chi connectivity index (χ3v) is 6.02. The number of carbonyl (C=O) groups is 1. The first-order valence-corrected chi connectivity index (χ1v) is 11.1. The Labute approximate surface area is 201 Å². The standard InChI is InChI=1S/C25H18BrF4NO3/c26-16-6-9-22(34-13-14-4-7-17(27)8-5-14)20(11-16)19-3-1-2-18(19)15-10-21(24(32)33)23(31-12-15)25(28,29)30/h4-12H,1-3,13H2,(H,32,33). The zero-order valence-corrected chi connectivity index (χ0v) is 19.2. The predicted octanol–water partition coefficient (Wildman–Crippen LogP) is 7.37. The van der Waals surface area contributed by atoms with E-state index in [-0.39, 0.29) is 12.4 Å². The molecule has 1 aliphatic rings. The number of halogens is 5. The molecule has 1 heterocycles. The zero-order valence-electron chi connectivity index (χ0n) is 17.6. The summed E-state index contributed by atoms with van der Waals surface area (Å²) in [6, 6.07) is 12.4. The molecule has 9 heteroatoms. The Morgan fingerprint density at radius 2 is 1.76 bits per heavy atom. The second-order valence-electron chi connectivity index (χ2n) is 7.79. The molecular weight excluding hydrogens is 518 g/mol. The Bertz CT molecular complexity index is 1270. The summed E-state index contributed by atoms with van der Waals surface area (Å²) >= 11 is 3.45. The molecule has 0 amide bonds. The summed E-state index contributed by atoms with van der Waals surface area (Å²) in [5.74, 6) is -1.48. The summed E-state index contributed by atoms with van der Waals surface area (Å²) in [5.41, 5.74) is 1.14. The van der Waals surface area contributed by atoms with Gasteiger partial charge in [-0.15, -0.1) is 0 Å². The van der Waals surface area contributed by atoms with Gasteiger partial charge in [0.1, 0.15) is 18.2 Å². The van der Waals surface area contributed by atoms with Crippen LogP contribution in [0.2, 0.25) is 0 Å². The third kappa shape index (κ3) is 5.14. The average Bonchev–Trinajstić information content (AvgIpc) is 3.28. The maximum absolute atomic E-state index is 13.2. The van der Waals surface area contributed by atoms with Gasteiger partial charge in [-0.2, -0.15) is 13.2 Å². The fourth-order valence-corrected chi connectivity index (χ4v) is 4.34. The van der Waals surface area contributed by atoms with Crippen molar-refractivity contribution in [2.75, 3.05) is 0 Å². The van der Waals surface area contributed by atoms with Crippen molar-refractivity contribution in [1.82, 2.24) is 4.98 Å². The van der Waals surface area contributed by atoms with Crippen molar-refractivity contribution < 1.29 is 32.2 Å². The fourth-order valence-electron chi connectivity index (χ4n) is 3.98. The van der Waals surface area contributed by atoms with Gasteiger partial charge in [0, 0.05) is 16.2 Å². The van der Waals surface area contributed by atoms with Gasteiger partial charge in [0.15, 0.2) is 5.69 Å². The molecule has 4 nitrogen and oxygen atoms in total. The highest BCUT2D eigenvalue weighted by molar-refractivity contribution is 9.10. The monoisotopic (exact) mass is 535 g/mol. The van der Waals surface area contributed by atoms with E-state index in [0.717, 1.165) is 45.4 Å². The normalized spacial score (nSPS) is 13.9. The lowest BCUT2D eigenvalue weighted by atomic mass is 9.96. The average molecular weight is 536 g/mol. The second-order valence-corrected chi connectivity index (χ2v) is 8.71. The summed E-state index contributed by atoms with van der Waals surface area (Å²) in [6.45, 7) is 0.197. The first-order chi connectivity index (χ1) is 16.1. The Morgan fingerprint density at radius 1 is 1.06 bits per heavy atom. The minimum Gasteiger partial charge on any atom is -0.488 e. The van der Waals surface area contributed by atoms with E-state index in [4.69, 9.17) is 4.74 Å². The third-order valence-electron chi connectivity index (χ3n) is 5.53. The van der Waals surface area contributed by atoms with Crippen molar-refractivity contribution in [2.24, 2.45) is 0 Å². The number of rotatable bonds is 6. The molecule has 3 aromatic rings. The molecule has 4 rings (SSSR count). The van der Waals surface area contributed by atoms with Crippen LogP contribution in [0.5, 0.6) is 5.75 Å². The van der Waals surface area contributed by atoms with E-state index in [1.165, 1.54) is 12.1 Å². The van der Waals surface area contributed by atoms with Crippen LogP contribution in [0.4, 0.5) is 17.6 Å². The van der Waals surface area contributed by atoms with Gasteiger partial charge in [0.25, 0.3) is 0 Å². The van der Waals surface area contributed by atoms with Gasteiger partial charge in [0.2, 0.25) is 0 Å². The van der Waals surface area contributed by atoms with E-state index < -0.39 is 23.4 Å². The van der Waals surface area contributed by atoms with Gasteiger partial charge in [0.05, 0.1) is 5.56 Å². The lowest BCUT2D eigenvalue weighted by Crippen LogP contribution is -2.15. The first kappa shape index (κ1) is 23.9. The van der Waals surface area contributed by atoms with Crippen LogP contribution in [0.3, 0.4) is 0 Å². The lowest BCUT2D eigenvalue weighted by Gasteiger charge is -2.16. The van der Waals surface area contributed by atoms with Crippen LogP contribution in [0.25, 0.3) is 11.1 Å². The Balaban J connectivity index is 1.74. The molecule has 0 bridgehead atoms. The highest BCUT2D eigenvalue weighted by Crippen LogP contribution is 2.44. The van der Waals surface area contributed by atoms with E-state index >= 15 is 0 Å². The number of aromatic nitrogens is 1. The summed E-state index contributed by atoms with van der Waals surface area (Å²) < 4.78 is 59.6. The first-order valence-electron chi connectivity index (χ1n) is 10.3. The molecule has 0 atom stereocenters. The summed E-state index contributed by atoms with van der Waals surface area (Å²) in [6.07, 6.45) is -1.84. The van der Waals surface area contributed by atoms with E-state index in [9.17, 15) is 27.5 Å². The van der Waals surface area contributed by atoms with E-state index in [1.54, 1.807) is 24.3 Å². The van der Waals surface area contributed by atoms with Crippen LogP contribution in [0.1, 0.15) is 52.0 Å². The van der Waals surface area contributed by atoms with Gasteiger partial charge >= 0.3 is 12.1 Å². The van der Waals surface area contributed by atoms with Crippen LogP contribution < -0.4 is 4.74 Å². The predicted molar refractivity (Wildman–Crippen MR) is 122 cm³/mol. The van der Waals surface area contributed by atoms with Crippen molar-refractivity contribution in [2.45, 2.75) is 32.0 Å². The van der Waals surface area contributed by atoms with Crippen molar-refractivity contribution in [3.05, 3.63) is 93.0 Å². The zero-order chi connectivity index (χ0) is 24.5. The summed E-state index contributed by atoms with van der Waals surface area (Å²) in [4.78, 5) is 15.0. The molecule has 0 radical (unpaired) electrons. The number of carboxylic acids is 1. The molecule has 1 N–H and O–H groups in total. The van der Waals surface area contributed by atoms with Gasteiger partial charge in [-0.1, -0.05) is 28.1 Å². The van der Waals surface area contributed by atoms with Gasteiger partial charge in [-0.05, 0) is 77.9 Å². The Hall–Kier alpha value is -3.20. The van der Waals surface area contributed by atoms with E-state index in [2.05, 4.69) is 20.9 Å². The van der Waals surface area contributed by atoms with Crippen LogP contribution in [-0.4, -0.2) is 16.1 Å². The number of aromatic carboxylic acids is 1. The number of alkyl halides is 3. The van der Waals surface area contributed by atoms with Crippen molar-refractivity contribution in [3.63, 3.8) is 0 Å². The van der Waals surface area contributed by atoms with E-state index in [0.29, 0.717) is 24.2 Å². The number of nitrogens with zero attached hydrogens (tertiary/aromatic N) is 1. The minimum absolute atomic E-state index is 0.197. The van der Waals surface area contributed by atoms with Crippen LogP contribution >= 0.6 is 15.9 Å². The molecule has 0 saturated carbocycles. The molecule has 176 valence electrons. The van der Waals surface area contributed by atoms with E-state index in [1.807, 2.05) is 6.07 Å². The molecule has 0 aliphatic heterocycles. The maximum atomic E-state index is 13.2. The molecule has 1 aromatic heterocycles. The largest absolute Gasteiger partial charge is 0.488 e. The number of carboxylic acid groups (broad SMARTS) is 1. The minimum atomic E-state index is -4.87. The van der Waals surface area contributed by atoms with Gasteiger partial charge in [-0.25, -0.2) is 9.18 Å². The number of hydrogen-bond acceptors (Lipinski definition) is 3. The van der Waals surface area contributed by atoms with Crippen LogP contribution in [0, 0.1) is 5.82 Å². The number of allylic oxidation sites excluding steroid dienone is 2. The van der Waals surface area contributed by atoms with Crippen LogP contribution in [0.15, 0.2) is 59.2 Å². The second kappa shape index (κ2) is 9.58. The van der Waals surface area contributed by atoms with Crippen molar-refractivity contribution >= 4 is 33.0 Å². The van der Waals surface area contributed by atoms with Crippen molar-refractivity contribution in [3.8, 4) is 5.75 Å². The Kier molecular flexibility index (Phi) is 6.74. The SMILES string of the molecule is O=C(O)c1cc(C2=C(c3cc(Br)ccc3OCc3ccc(F)cc3)CCC2)cnc1C(F)(F)F. The Morgan fingerprint density at radius 3 is 2.44 bits per heavy atom. The number of benzene rings is 2. The highest BCUT2D eigenvalue weighted by Gasteiger charge is 2.38. The van der Waals surface area contributed by atoms with Crippen LogP contribution in [-0.2, 0) is 12.8 Å². The quantitative estimate of drug-likeness (QED) is 0.334. The fraction of sp³-hybridized carbons (Fsp3) is 0.200. The summed E-state index contributed by atoms with van der Waals surface area (Å²) in [7, 11) is 0. The smallest absolute Gasteiger partial charge is 0.434 e. The van der Waals surface area contributed by atoms with Gasteiger partial charge in [-0.3, -0.25) is 4.98 Å². The molecule has 34 heavy (non-hydrogen) atoms. The molecule has 0 spiro atoms. The van der Waals surface area contributed by atoms with Crippen molar-refractivity contribution in [1.29, 1.82) is 0 Å². The number of pyridine rings is 1. The summed E-state index contributed by atoms with van der Waals surface area (Å²) in [5, 5.41) is 9.35. The molecule has 1 aliphatic carbocycles. The highest BCUT2D eigenvalue weighted by atomic mass is 79.9. The number of ether oxygens (including phenoxy) is 1. The molecule has 2 aromatic carbocycles. The molecule has 0 saturated heterocycles. The van der Waals surface area contributed by atoms with Gasteiger partial charge < -0.3 is 9.84 Å². The molecule has 0 fully saturated rings. The lowest BCUT2D eigenvalue weighted by molar-refractivity contribution is -0.141. The number of hydrogen-bond donors (Lipinski definition) is 1. The topological polar surface area (TPSA) is 59.4 Å². The maximum Gasteiger partial charge on any atom is 0.434 e.